The van der Waals surface area contributed by atoms with Gasteiger partial charge in [0, 0.05) is 11.8 Å². The van der Waals surface area contributed by atoms with Crippen LogP contribution in [-0.4, -0.2) is 9.97 Å². The van der Waals surface area contributed by atoms with Crippen molar-refractivity contribution in [2.45, 2.75) is 13.1 Å². The molecule has 1 aromatic carbocycles. The summed E-state index contributed by atoms with van der Waals surface area (Å²) in [4.78, 5) is 7.67. The highest BCUT2D eigenvalue weighted by Gasteiger charge is 2.33. The molecule has 0 aliphatic rings. The summed E-state index contributed by atoms with van der Waals surface area (Å²) in [5.41, 5.74) is -0.279. The number of hydrogen-bond donors (Lipinski definition) is 1. The maximum atomic E-state index is 12.8. The number of hydrogen-bond acceptors (Lipinski definition) is 3. The Morgan fingerprint density at radius 1 is 1.16 bits per heavy atom. The van der Waals surface area contributed by atoms with Gasteiger partial charge in [0.25, 0.3) is 0 Å². The molecule has 19 heavy (non-hydrogen) atoms. The van der Waals surface area contributed by atoms with Crippen LogP contribution in [0.15, 0.2) is 30.3 Å². The molecular formula is C12H9ClF3N3. The van der Waals surface area contributed by atoms with E-state index in [2.05, 4.69) is 15.3 Å². The van der Waals surface area contributed by atoms with Gasteiger partial charge in [-0.3, -0.25) is 0 Å². The van der Waals surface area contributed by atoms with Crippen molar-refractivity contribution in [1.82, 2.24) is 9.97 Å². The first-order valence-electron chi connectivity index (χ1n) is 5.31. The lowest BCUT2D eigenvalue weighted by Gasteiger charge is -2.14. The number of rotatable bonds is 2. The third kappa shape index (κ3) is 3.35. The van der Waals surface area contributed by atoms with E-state index in [1.54, 1.807) is 6.92 Å². The fourth-order valence-electron chi connectivity index (χ4n) is 1.57. The predicted molar refractivity (Wildman–Crippen MR) is 66.5 cm³/mol. The molecule has 2 rings (SSSR count). The monoisotopic (exact) mass is 287 g/mol. The Hall–Kier alpha value is -1.82. The number of benzene rings is 1. The first-order valence-corrected chi connectivity index (χ1v) is 5.68. The Morgan fingerprint density at radius 2 is 1.84 bits per heavy atom. The lowest BCUT2D eigenvalue weighted by atomic mass is 10.1. The highest BCUT2D eigenvalue weighted by Crippen LogP contribution is 2.35. The van der Waals surface area contributed by atoms with E-state index >= 15 is 0 Å². The fourth-order valence-corrected chi connectivity index (χ4v) is 1.80. The van der Waals surface area contributed by atoms with Gasteiger partial charge in [0.1, 0.15) is 5.82 Å². The Bertz CT molecular complexity index is 579. The number of aromatic nitrogens is 2. The van der Waals surface area contributed by atoms with Crippen LogP contribution < -0.4 is 5.32 Å². The van der Waals surface area contributed by atoms with Crippen LogP contribution in [0.5, 0.6) is 0 Å². The zero-order valence-electron chi connectivity index (χ0n) is 9.79. The summed E-state index contributed by atoms with van der Waals surface area (Å²) in [6, 6.07) is 6.67. The van der Waals surface area contributed by atoms with Crippen LogP contribution >= 0.6 is 11.6 Å². The molecule has 7 heteroatoms. The average Bonchev–Trinajstić information content (AvgIpc) is 2.26. The summed E-state index contributed by atoms with van der Waals surface area (Å²) in [6.45, 7) is 1.68. The summed E-state index contributed by atoms with van der Waals surface area (Å²) in [5, 5.41) is 2.58. The van der Waals surface area contributed by atoms with E-state index in [0.29, 0.717) is 5.69 Å². The van der Waals surface area contributed by atoms with E-state index in [1.807, 2.05) is 0 Å². The number of nitrogens with one attached hydrogen (secondary N) is 1. The van der Waals surface area contributed by atoms with Gasteiger partial charge in [-0.2, -0.15) is 13.2 Å². The third-order valence-electron chi connectivity index (χ3n) is 2.32. The topological polar surface area (TPSA) is 37.8 Å². The quantitative estimate of drug-likeness (QED) is 0.841. The van der Waals surface area contributed by atoms with Gasteiger partial charge >= 0.3 is 6.18 Å². The average molecular weight is 288 g/mol. The van der Waals surface area contributed by atoms with Crippen LogP contribution in [0.3, 0.4) is 0 Å². The predicted octanol–water partition coefficient (Wildman–Crippen LogP) is 4.20. The third-order valence-corrected chi connectivity index (χ3v) is 2.49. The number of halogens is 4. The van der Waals surface area contributed by atoms with Crippen LogP contribution in [0.2, 0.25) is 5.28 Å². The first kappa shape index (κ1) is 13.6. The highest BCUT2D eigenvalue weighted by atomic mass is 35.5. The van der Waals surface area contributed by atoms with Crippen molar-refractivity contribution < 1.29 is 13.2 Å². The second-order valence-electron chi connectivity index (χ2n) is 3.83. The molecule has 1 aromatic heterocycles. The Kier molecular flexibility index (Phi) is 3.61. The van der Waals surface area contributed by atoms with Crippen LogP contribution in [0.4, 0.5) is 24.7 Å². The van der Waals surface area contributed by atoms with E-state index in [9.17, 15) is 13.2 Å². The molecule has 0 aliphatic carbocycles. The van der Waals surface area contributed by atoms with Gasteiger partial charge in [0.15, 0.2) is 0 Å². The van der Waals surface area contributed by atoms with E-state index in [1.165, 1.54) is 24.3 Å². The molecule has 1 N–H and O–H groups in total. The number of aryl methyl sites for hydroxylation is 1. The zero-order valence-corrected chi connectivity index (χ0v) is 10.5. The van der Waals surface area contributed by atoms with Crippen molar-refractivity contribution in [3.63, 3.8) is 0 Å². The van der Waals surface area contributed by atoms with Crippen molar-refractivity contribution in [2.75, 3.05) is 5.32 Å². The molecule has 100 valence electrons. The molecular weight excluding hydrogens is 279 g/mol. The maximum absolute atomic E-state index is 12.8. The van der Waals surface area contributed by atoms with E-state index in [-0.39, 0.29) is 16.8 Å². The molecule has 0 amide bonds. The second kappa shape index (κ2) is 5.05. The van der Waals surface area contributed by atoms with Gasteiger partial charge in [0.05, 0.1) is 11.3 Å². The van der Waals surface area contributed by atoms with E-state index < -0.39 is 11.7 Å². The van der Waals surface area contributed by atoms with Gasteiger partial charge < -0.3 is 5.32 Å². The molecule has 0 aliphatic heterocycles. The summed E-state index contributed by atoms with van der Waals surface area (Å²) in [7, 11) is 0. The second-order valence-corrected chi connectivity index (χ2v) is 4.17. The Morgan fingerprint density at radius 3 is 2.47 bits per heavy atom. The van der Waals surface area contributed by atoms with Crippen molar-refractivity contribution >= 4 is 23.1 Å². The summed E-state index contributed by atoms with van der Waals surface area (Å²) in [5.74, 6) is 0.217. The molecule has 0 unspecified atom stereocenters. The smallest absolute Gasteiger partial charge is 0.340 e. The molecule has 3 nitrogen and oxygen atoms in total. The van der Waals surface area contributed by atoms with E-state index in [4.69, 9.17) is 11.6 Å². The van der Waals surface area contributed by atoms with E-state index in [0.717, 1.165) is 6.07 Å². The van der Waals surface area contributed by atoms with Crippen molar-refractivity contribution in [3.8, 4) is 0 Å². The molecule has 0 fully saturated rings. The maximum Gasteiger partial charge on any atom is 0.418 e. The van der Waals surface area contributed by atoms with Gasteiger partial charge in [-0.05, 0) is 30.7 Å². The van der Waals surface area contributed by atoms with Gasteiger partial charge in [-0.1, -0.05) is 12.1 Å². The van der Waals surface area contributed by atoms with Gasteiger partial charge in [-0.25, -0.2) is 9.97 Å². The number of nitrogens with zero attached hydrogens (tertiary/aromatic N) is 2. The standard InChI is InChI=1S/C12H9ClF3N3/c1-7-6-10(19-11(13)17-7)18-9-5-3-2-4-8(9)12(14,15)16/h2-6H,1H3,(H,17,18,19). The molecule has 2 aromatic rings. The van der Waals surface area contributed by atoms with Crippen molar-refractivity contribution in [2.24, 2.45) is 0 Å². The van der Waals surface area contributed by atoms with Gasteiger partial charge in [-0.15, -0.1) is 0 Å². The molecule has 0 radical (unpaired) electrons. The summed E-state index contributed by atoms with van der Waals surface area (Å²) >= 11 is 5.66. The molecule has 0 spiro atoms. The van der Waals surface area contributed by atoms with Crippen LogP contribution in [0.1, 0.15) is 11.3 Å². The molecule has 0 saturated carbocycles. The van der Waals surface area contributed by atoms with Crippen LogP contribution in [-0.2, 0) is 6.18 Å². The Balaban J connectivity index is 2.38. The molecule has 0 saturated heterocycles. The SMILES string of the molecule is Cc1cc(Nc2ccccc2C(F)(F)F)nc(Cl)n1. The number of anilines is 2. The summed E-state index contributed by atoms with van der Waals surface area (Å²) in [6.07, 6.45) is -4.44. The lowest BCUT2D eigenvalue weighted by molar-refractivity contribution is -0.136. The number of para-hydroxylation sites is 1. The summed E-state index contributed by atoms with van der Waals surface area (Å²) < 4.78 is 38.4. The van der Waals surface area contributed by atoms with Gasteiger partial charge in [0.2, 0.25) is 5.28 Å². The minimum atomic E-state index is -4.44. The Labute approximate surface area is 112 Å². The van der Waals surface area contributed by atoms with Crippen molar-refractivity contribution in [1.29, 1.82) is 0 Å². The highest BCUT2D eigenvalue weighted by molar-refractivity contribution is 6.28. The zero-order chi connectivity index (χ0) is 14.0. The first-order chi connectivity index (χ1) is 8.86. The normalized spacial score (nSPS) is 11.4. The molecule has 0 atom stereocenters. The molecule has 0 bridgehead atoms. The van der Waals surface area contributed by atoms with Crippen molar-refractivity contribution in [3.05, 3.63) is 46.9 Å². The minimum Gasteiger partial charge on any atom is -0.340 e. The fraction of sp³-hybridized carbons (Fsp3) is 0.167. The largest absolute Gasteiger partial charge is 0.418 e. The minimum absolute atomic E-state index is 0.0213. The lowest BCUT2D eigenvalue weighted by Crippen LogP contribution is -2.09. The number of alkyl halides is 3. The van der Waals surface area contributed by atoms with Crippen LogP contribution in [0, 0.1) is 6.92 Å². The molecule has 1 heterocycles. The van der Waals surface area contributed by atoms with Crippen LogP contribution in [0.25, 0.3) is 0 Å².